The van der Waals surface area contributed by atoms with Crippen molar-refractivity contribution in [1.29, 1.82) is 0 Å². The highest BCUT2D eigenvalue weighted by molar-refractivity contribution is 6.55. The standard InChI is InChI=1S/C14H21BO3/c1-7-11(10-16)9-12(8-2)15-17-13(3,4)14(5,6)18-15/h7-10H,2H2,1,3-6H3/b11-7+,12-9+. The van der Waals surface area contributed by atoms with Crippen molar-refractivity contribution < 1.29 is 14.1 Å². The summed E-state index contributed by atoms with van der Waals surface area (Å²) < 4.78 is 11.8. The molecule has 1 aliphatic heterocycles. The number of allylic oxidation sites excluding steroid dienone is 5. The first-order valence-electron chi connectivity index (χ1n) is 6.08. The van der Waals surface area contributed by atoms with E-state index in [9.17, 15) is 4.79 Å². The molecule has 3 nitrogen and oxygen atoms in total. The van der Waals surface area contributed by atoms with Crippen LogP contribution in [0.2, 0.25) is 0 Å². The highest BCUT2D eigenvalue weighted by atomic mass is 16.7. The molecule has 0 aromatic rings. The summed E-state index contributed by atoms with van der Waals surface area (Å²) in [4.78, 5) is 10.8. The normalized spacial score (nSPS) is 23.1. The number of carbonyl (C=O) groups is 1. The zero-order valence-corrected chi connectivity index (χ0v) is 11.8. The number of rotatable bonds is 4. The molecule has 0 aromatic carbocycles. The molecule has 1 fully saturated rings. The maximum absolute atomic E-state index is 10.8. The molecule has 1 saturated heterocycles. The van der Waals surface area contributed by atoms with E-state index in [-0.39, 0.29) is 0 Å². The Balaban J connectivity index is 3.01. The highest BCUT2D eigenvalue weighted by Crippen LogP contribution is 2.38. The number of carbonyl (C=O) groups excluding carboxylic acids is 1. The van der Waals surface area contributed by atoms with Gasteiger partial charge in [0.25, 0.3) is 0 Å². The Labute approximate surface area is 110 Å². The Bertz CT molecular complexity index is 389. The van der Waals surface area contributed by atoms with Crippen molar-refractivity contribution in [2.75, 3.05) is 0 Å². The fraction of sp³-hybridized carbons (Fsp3) is 0.500. The Kier molecular flexibility index (Phi) is 4.35. The van der Waals surface area contributed by atoms with Gasteiger partial charge in [-0.15, -0.1) is 0 Å². The van der Waals surface area contributed by atoms with E-state index in [0.29, 0.717) is 5.57 Å². The summed E-state index contributed by atoms with van der Waals surface area (Å²) in [7, 11) is -0.484. The van der Waals surface area contributed by atoms with Crippen molar-refractivity contribution in [2.24, 2.45) is 0 Å². The fourth-order valence-corrected chi connectivity index (χ4v) is 1.58. The minimum Gasteiger partial charge on any atom is -0.399 e. The molecule has 0 unspecified atom stereocenters. The van der Waals surface area contributed by atoms with Crippen LogP contribution in [0.25, 0.3) is 0 Å². The average Bonchev–Trinajstić information content (AvgIpc) is 2.50. The summed E-state index contributed by atoms with van der Waals surface area (Å²) in [5, 5.41) is 0. The quantitative estimate of drug-likeness (QED) is 0.332. The van der Waals surface area contributed by atoms with Crippen LogP contribution in [0.1, 0.15) is 34.6 Å². The molecule has 18 heavy (non-hydrogen) atoms. The van der Waals surface area contributed by atoms with Crippen molar-refractivity contribution in [3.63, 3.8) is 0 Å². The third kappa shape index (κ3) is 2.82. The Morgan fingerprint density at radius 3 is 2.00 bits per heavy atom. The minimum absolute atomic E-state index is 0.392. The van der Waals surface area contributed by atoms with Gasteiger partial charge in [-0.3, -0.25) is 4.79 Å². The molecule has 0 aromatic heterocycles. The van der Waals surface area contributed by atoms with Crippen LogP contribution in [0.5, 0.6) is 0 Å². The molecule has 0 N–H and O–H groups in total. The molecule has 1 rings (SSSR count). The molecule has 1 heterocycles. The van der Waals surface area contributed by atoms with Crippen molar-refractivity contribution in [1.82, 2.24) is 0 Å². The van der Waals surface area contributed by atoms with Crippen LogP contribution < -0.4 is 0 Å². The molecule has 1 aliphatic rings. The summed E-state index contributed by atoms with van der Waals surface area (Å²) in [6, 6.07) is 0. The molecule has 98 valence electrons. The number of hydrogen-bond acceptors (Lipinski definition) is 3. The van der Waals surface area contributed by atoms with E-state index in [1.165, 1.54) is 0 Å². The van der Waals surface area contributed by atoms with Crippen LogP contribution in [-0.4, -0.2) is 24.6 Å². The van der Waals surface area contributed by atoms with E-state index in [4.69, 9.17) is 9.31 Å². The SMILES string of the molecule is C=C/C(=C\C(C=O)=C/C)B1OC(C)(C)C(C)(C)O1. The predicted molar refractivity (Wildman–Crippen MR) is 74.2 cm³/mol. The molecular weight excluding hydrogens is 227 g/mol. The van der Waals surface area contributed by atoms with Gasteiger partial charge in [0.1, 0.15) is 6.29 Å². The first-order chi connectivity index (χ1) is 8.27. The van der Waals surface area contributed by atoms with Gasteiger partial charge in [-0.25, -0.2) is 0 Å². The first kappa shape index (κ1) is 14.9. The molecule has 0 saturated carbocycles. The second-order valence-corrected chi connectivity index (χ2v) is 5.34. The van der Waals surface area contributed by atoms with Gasteiger partial charge in [-0.05, 0) is 40.1 Å². The maximum atomic E-state index is 10.8. The highest BCUT2D eigenvalue weighted by Gasteiger charge is 2.51. The van der Waals surface area contributed by atoms with E-state index in [0.717, 1.165) is 11.8 Å². The summed E-state index contributed by atoms with van der Waals surface area (Å²) in [5.74, 6) is 0. The summed E-state index contributed by atoms with van der Waals surface area (Å²) in [6.07, 6.45) is 5.94. The maximum Gasteiger partial charge on any atom is 0.494 e. The second-order valence-electron chi connectivity index (χ2n) is 5.34. The van der Waals surface area contributed by atoms with Gasteiger partial charge in [-0.2, -0.15) is 0 Å². The topological polar surface area (TPSA) is 35.5 Å². The molecule has 0 aliphatic carbocycles. The molecule has 0 amide bonds. The Morgan fingerprint density at radius 1 is 1.17 bits per heavy atom. The predicted octanol–water partition coefficient (Wildman–Crippen LogP) is 2.88. The van der Waals surface area contributed by atoms with E-state index in [1.807, 2.05) is 34.6 Å². The van der Waals surface area contributed by atoms with Crippen LogP contribution in [0, 0.1) is 0 Å². The lowest BCUT2D eigenvalue weighted by molar-refractivity contribution is -0.104. The van der Waals surface area contributed by atoms with E-state index in [1.54, 1.807) is 18.2 Å². The van der Waals surface area contributed by atoms with Gasteiger partial charge in [0.05, 0.1) is 11.2 Å². The van der Waals surface area contributed by atoms with Crippen LogP contribution in [-0.2, 0) is 14.1 Å². The molecule has 0 atom stereocenters. The summed E-state index contributed by atoms with van der Waals surface area (Å²) in [6.45, 7) is 13.5. The van der Waals surface area contributed by atoms with Crippen molar-refractivity contribution in [2.45, 2.75) is 45.8 Å². The number of hydrogen-bond donors (Lipinski definition) is 0. The molecule has 0 radical (unpaired) electrons. The molecule has 0 bridgehead atoms. The smallest absolute Gasteiger partial charge is 0.399 e. The molecular formula is C14H21BO3. The Hall–Kier alpha value is -1.13. The Morgan fingerprint density at radius 2 is 1.67 bits per heavy atom. The van der Waals surface area contributed by atoms with Gasteiger partial charge in [0.2, 0.25) is 0 Å². The van der Waals surface area contributed by atoms with Crippen LogP contribution in [0.15, 0.2) is 35.9 Å². The lowest BCUT2D eigenvalue weighted by atomic mass is 9.77. The zero-order chi connectivity index (χ0) is 14.0. The van der Waals surface area contributed by atoms with Gasteiger partial charge < -0.3 is 9.31 Å². The second kappa shape index (κ2) is 5.25. The largest absolute Gasteiger partial charge is 0.494 e. The van der Waals surface area contributed by atoms with E-state index < -0.39 is 18.3 Å². The monoisotopic (exact) mass is 248 g/mol. The summed E-state index contributed by atoms with van der Waals surface area (Å²) in [5.41, 5.74) is 0.558. The molecule has 4 heteroatoms. The third-order valence-corrected chi connectivity index (χ3v) is 3.56. The fourth-order valence-electron chi connectivity index (χ4n) is 1.58. The van der Waals surface area contributed by atoms with Gasteiger partial charge in [0, 0.05) is 5.57 Å². The van der Waals surface area contributed by atoms with Crippen molar-refractivity contribution in [3.8, 4) is 0 Å². The van der Waals surface area contributed by atoms with Crippen LogP contribution >= 0.6 is 0 Å². The lowest BCUT2D eigenvalue weighted by Crippen LogP contribution is -2.41. The van der Waals surface area contributed by atoms with Crippen LogP contribution in [0.4, 0.5) is 0 Å². The number of aldehydes is 1. The zero-order valence-electron chi connectivity index (χ0n) is 11.8. The van der Waals surface area contributed by atoms with Gasteiger partial charge >= 0.3 is 7.12 Å². The van der Waals surface area contributed by atoms with E-state index in [2.05, 4.69) is 6.58 Å². The van der Waals surface area contributed by atoms with Crippen molar-refractivity contribution in [3.05, 3.63) is 35.9 Å². The summed E-state index contributed by atoms with van der Waals surface area (Å²) >= 11 is 0. The van der Waals surface area contributed by atoms with Crippen LogP contribution in [0.3, 0.4) is 0 Å². The average molecular weight is 248 g/mol. The van der Waals surface area contributed by atoms with E-state index >= 15 is 0 Å². The minimum atomic E-state index is -0.484. The van der Waals surface area contributed by atoms with Gasteiger partial charge in [-0.1, -0.05) is 24.8 Å². The third-order valence-electron chi connectivity index (χ3n) is 3.56. The van der Waals surface area contributed by atoms with Crippen molar-refractivity contribution >= 4 is 13.4 Å². The van der Waals surface area contributed by atoms with Gasteiger partial charge in [0.15, 0.2) is 0 Å². The molecule has 0 spiro atoms. The lowest BCUT2D eigenvalue weighted by Gasteiger charge is -2.32. The first-order valence-corrected chi connectivity index (χ1v) is 6.08.